The van der Waals surface area contributed by atoms with Crippen molar-refractivity contribution in [2.24, 2.45) is 5.73 Å². The van der Waals surface area contributed by atoms with E-state index >= 15 is 0 Å². The Labute approximate surface area is 116 Å². The Morgan fingerprint density at radius 1 is 1.44 bits per heavy atom. The van der Waals surface area contributed by atoms with Crippen LogP contribution in [0.3, 0.4) is 0 Å². The van der Waals surface area contributed by atoms with Gasteiger partial charge in [0.25, 0.3) is 0 Å². The molecule has 0 aliphatic rings. The van der Waals surface area contributed by atoms with E-state index in [1.165, 1.54) is 5.56 Å². The monoisotopic (exact) mass is 307 g/mol. The molecule has 1 aromatic heterocycles. The Hall–Kier alpha value is -1.13. The fraction of sp³-hybridized carbons (Fsp3) is 0.357. The summed E-state index contributed by atoms with van der Waals surface area (Å²) in [7, 11) is 0. The van der Waals surface area contributed by atoms with Crippen molar-refractivity contribution in [3.63, 3.8) is 0 Å². The molecule has 96 valence electrons. The first-order valence-electron chi connectivity index (χ1n) is 6.19. The molecule has 1 heterocycles. The van der Waals surface area contributed by atoms with E-state index in [1.54, 1.807) is 0 Å². The summed E-state index contributed by atoms with van der Waals surface area (Å²) in [5, 5.41) is 0. The predicted molar refractivity (Wildman–Crippen MR) is 77.4 cm³/mol. The third-order valence-electron chi connectivity index (χ3n) is 3.01. The molecule has 0 amide bonds. The molecule has 0 spiro atoms. The Morgan fingerprint density at radius 3 is 3.00 bits per heavy atom. The fourth-order valence-electron chi connectivity index (χ4n) is 1.88. The second kappa shape index (κ2) is 6.16. The van der Waals surface area contributed by atoms with E-state index in [0.717, 1.165) is 29.7 Å². The molecular weight excluding hydrogens is 290 g/mol. The van der Waals surface area contributed by atoms with Crippen molar-refractivity contribution in [2.75, 3.05) is 0 Å². The van der Waals surface area contributed by atoms with Crippen molar-refractivity contribution in [3.8, 4) is 0 Å². The minimum absolute atomic E-state index is 0.189. The average molecular weight is 308 g/mol. The lowest BCUT2D eigenvalue weighted by Gasteiger charge is -2.11. The minimum atomic E-state index is 0.189. The summed E-state index contributed by atoms with van der Waals surface area (Å²) in [5.74, 6) is 1.06. The molecular formula is C14H18BrN3. The van der Waals surface area contributed by atoms with Crippen molar-refractivity contribution >= 4 is 15.9 Å². The molecule has 0 aliphatic carbocycles. The number of nitrogens with zero attached hydrogens (tertiary/aromatic N) is 2. The van der Waals surface area contributed by atoms with Gasteiger partial charge < -0.3 is 10.3 Å². The number of rotatable bonds is 5. The van der Waals surface area contributed by atoms with Crippen molar-refractivity contribution in [2.45, 2.75) is 32.4 Å². The number of aromatic nitrogens is 2. The van der Waals surface area contributed by atoms with Crippen LogP contribution in [0.25, 0.3) is 0 Å². The van der Waals surface area contributed by atoms with E-state index in [2.05, 4.69) is 44.5 Å². The highest BCUT2D eigenvalue weighted by Crippen LogP contribution is 2.14. The molecule has 0 saturated heterocycles. The zero-order chi connectivity index (χ0) is 13.0. The molecule has 0 fully saturated rings. The minimum Gasteiger partial charge on any atom is -0.330 e. The third-order valence-corrected chi connectivity index (χ3v) is 3.51. The van der Waals surface area contributed by atoms with Crippen LogP contribution in [0.5, 0.6) is 0 Å². The molecule has 0 saturated carbocycles. The molecule has 0 bridgehead atoms. The van der Waals surface area contributed by atoms with Gasteiger partial charge in [0.05, 0.1) is 0 Å². The van der Waals surface area contributed by atoms with Crippen LogP contribution in [0.4, 0.5) is 0 Å². The first-order chi connectivity index (χ1) is 8.69. The lowest BCUT2D eigenvalue weighted by atomic mass is 10.1. The summed E-state index contributed by atoms with van der Waals surface area (Å²) in [6.07, 6.45) is 5.66. The van der Waals surface area contributed by atoms with Crippen LogP contribution in [0.2, 0.25) is 0 Å². The average Bonchev–Trinajstić information content (AvgIpc) is 2.76. The van der Waals surface area contributed by atoms with Crippen molar-refractivity contribution < 1.29 is 0 Å². The standard InChI is InChI=1S/C14H18BrN3/c1-2-13(16)9-14-17-6-7-18(14)10-11-4-3-5-12(15)8-11/h3-8,13H,2,9-10,16H2,1H3. The molecule has 1 unspecified atom stereocenters. The maximum absolute atomic E-state index is 5.99. The Bertz CT molecular complexity index is 507. The summed E-state index contributed by atoms with van der Waals surface area (Å²) in [6.45, 7) is 2.94. The lowest BCUT2D eigenvalue weighted by Crippen LogP contribution is -2.23. The quantitative estimate of drug-likeness (QED) is 0.923. The maximum Gasteiger partial charge on any atom is 0.110 e. The molecule has 3 nitrogen and oxygen atoms in total. The molecule has 1 aromatic carbocycles. The molecule has 2 rings (SSSR count). The van der Waals surface area contributed by atoms with Gasteiger partial charge in [-0.25, -0.2) is 4.98 Å². The summed E-state index contributed by atoms with van der Waals surface area (Å²) in [4.78, 5) is 4.39. The highest BCUT2D eigenvalue weighted by molar-refractivity contribution is 9.10. The number of imidazole rings is 1. The van der Waals surface area contributed by atoms with Crippen LogP contribution >= 0.6 is 15.9 Å². The van der Waals surface area contributed by atoms with E-state index < -0.39 is 0 Å². The molecule has 0 aliphatic heterocycles. The number of nitrogens with two attached hydrogens (primary N) is 1. The molecule has 2 aromatic rings. The van der Waals surface area contributed by atoms with Gasteiger partial charge in [-0.05, 0) is 24.1 Å². The van der Waals surface area contributed by atoms with Gasteiger partial charge in [0.1, 0.15) is 5.82 Å². The Morgan fingerprint density at radius 2 is 2.28 bits per heavy atom. The van der Waals surface area contributed by atoms with Crippen LogP contribution in [0.15, 0.2) is 41.1 Å². The molecule has 0 radical (unpaired) electrons. The largest absolute Gasteiger partial charge is 0.330 e. The van der Waals surface area contributed by atoms with Crippen molar-refractivity contribution in [3.05, 3.63) is 52.5 Å². The van der Waals surface area contributed by atoms with E-state index in [9.17, 15) is 0 Å². The number of halogens is 1. The lowest BCUT2D eigenvalue weighted by molar-refractivity contribution is 0.597. The smallest absolute Gasteiger partial charge is 0.110 e. The van der Waals surface area contributed by atoms with Gasteiger partial charge in [-0.1, -0.05) is 35.0 Å². The highest BCUT2D eigenvalue weighted by atomic mass is 79.9. The van der Waals surface area contributed by atoms with E-state index in [4.69, 9.17) is 5.73 Å². The second-order valence-electron chi connectivity index (χ2n) is 4.47. The summed E-state index contributed by atoms with van der Waals surface area (Å²) in [5.41, 5.74) is 7.25. The first-order valence-corrected chi connectivity index (χ1v) is 6.98. The van der Waals surface area contributed by atoms with Crippen LogP contribution in [0.1, 0.15) is 24.7 Å². The summed E-state index contributed by atoms with van der Waals surface area (Å²) in [6, 6.07) is 8.52. The number of benzene rings is 1. The van der Waals surface area contributed by atoms with Gasteiger partial charge in [0.15, 0.2) is 0 Å². The molecule has 2 N–H and O–H groups in total. The van der Waals surface area contributed by atoms with Crippen LogP contribution in [-0.4, -0.2) is 15.6 Å². The van der Waals surface area contributed by atoms with Gasteiger partial charge in [-0.15, -0.1) is 0 Å². The zero-order valence-electron chi connectivity index (χ0n) is 10.5. The van der Waals surface area contributed by atoms with Crippen LogP contribution in [0, 0.1) is 0 Å². The zero-order valence-corrected chi connectivity index (χ0v) is 12.1. The van der Waals surface area contributed by atoms with Gasteiger partial charge in [0.2, 0.25) is 0 Å². The number of hydrogen-bond acceptors (Lipinski definition) is 2. The maximum atomic E-state index is 5.99. The Kier molecular flexibility index (Phi) is 4.55. The van der Waals surface area contributed by atoms with E-state index in [1.807, 2.05) is 24.5 Å². The fourth-order valence-corrected chi connectivity index (χ4v) is 2.33. The van der Waals surface area contributed by atoms with Gasteiger partial charge in [-0.3, -0.25) is 0 Å². The van der Waals surface area contributed by atoms with E-state index in [0.29, 0.717) is 0 Å². The third kappa shape index (κ3) is 3.43. The normalized spacial score (nSPS) is 12.6. The molecule has 18 heavy (non-hydrogen) atoms. The van der Waals surface area contributed by atoms with Crippen LogP contribution in [-0.2, 0) is 13.0 Å². The van der Waals surface area contributed by atoms with Gasteiger partial charge in [0, 0.05) is 35.9 Å². The first kappa shape index (κ1) is 13.3. The topological polar surface area (TPSA) is 43.8 Å². The molecule has 4 heteroatoms. The Balaban J connectivity index is 2.12. The van der Waals surface area contributed by atoms with E-state index in [-0.39, 0.29) is 6.04 Å². The van der Waals surface area contributed by atoms with Gasteiger partial charge >= 0.3 is 0 Å². The summed E-state index contributed by atoms with van der Waals surface area (Å²) < 4.78 is 3.27. The summed E-state index contributed by atoms with van der Waals surface area (Å²) >= 11 is 3.49. The highest BCUT2D eigenvalue weighted by Gasteiger charge is 2.08. The van der Waals surface area contributed by atoms with Crippen molar-refractivity contribution in [1.82, 2.24) is 9.55 Å². The van der Waals surface area contributed by atoms with Crippen molar-refractivity contribution in [1.29, 1.82) is 0 Å². The molecule has 1 atom stereocenters. The van der Waals surface area contributed by atoms with Crippen LogP contribution < -0.4 is 5.73 Å². The predicted octanol–water partition coefficient (Wildman–Crippen LogP) is 2.97. The number of hydrogen-bond donors (Lipinski definition) is 1. The second-order valence-corrected chi connectivity index (χ2v) is 5.39. The SMILES string of the molecule is CCC(N)Cc1nccn1Cc1cccc(Br)c1. The van der Waals surface area contributed by atoms with Gasteiger partial charge in [-0.2, -0.15) is 0 Å².